The van der Waals surface area contributed by atoms with Gasteiger partial charge in [0.1, 0.15) is 0 Å². The van der Waals surface area contributed by atoms with Crippen LogP contribution in [0.5, 0.6) is 11.5 Å². The number of carbonyl (C=O) groups excluding carboxylic acids is 1. The molecular weight excluding hydrogens is 312 g/mol. The summed E-state index contributed by atoms with van der Waals surface area (Å²) in [7, 11) is 3.11. The fourth-order valence-electron chi connectivity index (χ4n) is 2.36. The Kier molecular flexibility index (Phi) is 8.05. The Labute approximate surface area is 142 Å². The number of nitrogens with one attached hydrogen (secondary N) is 1. The number of hydrogen-bond donors (Lipinski definition) is 2. The van der Waals surface area contributed by atoms with Crippen molar-refractivity contribution in [2.75, 3.05) is 27.3 Å². The summed E-state index contributed by atoms with van der Waals surface area (Å²) in [5.74, 6) is 0.0646. The minimum Gasteiger partial charge on any atom is -0.493 e. The summed E-state index contributed by atoms with van der Waals surface area (Å²) >= 11 is 0. The zero-order valence-corrected chi connectivity index (χ0v) is 14.7. The van der Waals surface area contributed by atoms with Crippen LogP contribution >= 0.6 is 0 Å². The Morgan fingerprint density at radius 1 is 1.25 bits per heavy atom. The summed E-state index contributed by atoms with van der Waals surface area (Å²) < 4.78 is 10.4. The zero-order chi connectivity index (χ0) is 18.1. The molecule has 7 nitrogen and oxygen atoms in total. The van der Waals surface area contributed by atoms with Crippen LogP contribution in [-0.2, 0) is 16.1 Å². The molecule has 0 aliphatic heterocycles. The second-order valence-corrected chi connectivity index (χ2v) is 5.45. The van der Waals surface area contributed by atoms with Crippen molar-refractivity contribution in [3.8, 4) is 11.5 Å². The number of nitrogens with zero attached hydrogens (tertiary/aromatic N) is 1. The van der Waals surface area contributed by atoms with Crippen molar-refractivity contribution < 1.29 is 24.2 Å². The van der Waals surface area contributed by atoms with Gasteiger partial charge in [-0.05, 0) is 37.6 Å². The highest BCUT2D eigenvalue weighted by Crippen LogP contribution is 2.27. The topological polar surface area (TPSA) is 88.1 Å². The molecule has 1 aromatic rings. The molecule has 0 spiro atoms. The van der Waals surface area contributed by atoms with E-state index in [1.807, 2.05) is 13.0 Å². The summed E-state index contributed by atoms with van der Waals surface area (Å²) in [5.41, 5.74) is 0.869. The van der Waals surface area contributed by atoms with Crippen LogP contribution in [0, 0.1) is 0 Å². The van der Waals surface area contributed by atoms with Crippen molar-refractivity contribution in [1.29, 1.82) is 0 Å². The van der Waals surface area contributed by atoms with Gasteiger partial charge in [0.05, 0.1) is 26.8 Å². The van der Waals surface area contributed by atoms with Crippen molar-refractivity contribution in [2.24, 2.45) is 0 Å². The van der Waals surface area contributed by atoms with E-state index >= 15 is 0 Å². The predicted molar refractivity (Wildman–Crippen MR) is 90.4 cm³/mol. The molecule has 1 rings (SSSR count). The first-order valence-corrected chi connectivity index (χ1v) is 7.87. The standard InChI is InChI=1S/C17H26N2O5/c1-5-8-19(11-16(20)21)12(2)17(22)18-10-13-6-7-14(23-3)15(9-13)24-4/h6-7,9,12H,5,8,10-11H2,1-4H3,(H,18,22)(H,20,21). The van der Waals surface area contributed by atoms with Gasteiger partial charge in [-0.2, -0.15) is 0 Å². The number of carboxylic acids is 1. The van der Waals surface area contributed by atoms with E-state index in [9.17, 15) is 9.59 Å². The lowest BCUT2D eigenvalue weighted by atomic mass is 10.2. The Morgan fingerprint density at radius 2 is 1.92 bits per heavy atom. The van der Waals surface area contributed by atoms with Crippen LogP contribution in [0.25, 0.3) is 0 Å². The van der Waals surface area contributed by atoms with E-state index in [-0.39, 0.29) is 12.5 Å². The summed E-state index contributed by atoms with van der Waals surface area (Å²) in [5, 5.41) is 11.8. The van der Waals surface area contributed by atoms with E-state index in [1.54, 1.807) is 38.2 Å². The second-order valence-electron chi connectivity index (χ2n) is 5.45. The van der Waals surface area contributed by atoms with Crippen LogP contribution < -0.4 is 14.8 Å². The van der Waals surface area contributed by atoms with Gasteiger partial charge in [-0.25, -0.2) is 0 Å². The molecule has 2 N–H and O–H groups in total. The van der Waals surface area contributed by atoms with Gasteiger partial charge in [-0.1, -0.05) is 13.0 Å². The average molecular weight is 338 g/mol. The van der Waals surface area contributed by atoms with Crippen LogP contribution in [0.4, 0.5) is 0 Å². The van der Waals surface area contributed by atoms with Crippen LogP contribution in [0.3, 0.4) is 0 Å². The Morgan fingerprint density at radius 3 is 2.46 bits per heavy atom. The summed E-state index contributed by atoms with van der Waals surface area (Å²) in [6.07, 6.45) is 0.778. The minimum atomic E-state index is -0.942. The molecule has 24 heavy (non-hydrogen) atoms. The lowest BCUT2D eigenvalue weighted by molar-refractivity contribution is -0.139. The molecule has 7 heteroatoms. The molecule has 0 saturated heterocycles. The number of carbonyl (C=O) groups is 2. The smallest absolute Gasteiger partial charge is 0.317 e. The molecule has 0 bridgehead atoms. The van der Waals surface area contributed by atoms with Gasteiger partial charge in [0, 0.05) is 6.54 Å². The highest BCUT2D eigenvalue weighted by Gasteiger charge is 2.22. The first-order chi connectivity index (χ1) is 11.4. The first kappa shape index (κ1) is 19.8. The third-order valence-electron chi connectivity index (χ3n) is 3.69. The number of amides is 1. The maximum absolute atomic E-state index is 12.3. The summed E-state index contributed by atoms with van der Waals surface area (Å²) in [6.45, 7) is 4.39. The van der Waals surface area contributed by atoms with Crippen LogP contribution in [0.2, 0.25) is 0 Å². The molecule has 0 aliphatic rings. The molecule has 0 aromatic heterocycles. The average Bonchev–Trinajstić information content (AvgIpc) is 2.57. The minimum absolute atomic E-state index is 0.154. The molecular formula is C17H26N2O5. The van der Waals surface area contributed by atoms with E-state index in [1.165, 1.54) is 0 Å². The normalized spacial score (nSPS) is 11.9. The number of benzene rings is 1. The Bertz CT molecular complexity index is 562. The maximum atomic E-state index is 12.3. The second kappa shape index (κ2) is 9.77. The van der Waals surface area contributed by atoms with Gasteiger partial charge in [0.15, 0.2) is 11.5 Å². The van der Waals surface area contributed by atoms with Gasteiger partial charge in [0.25, 0.3) is 0 Å². The fourth-order valence-corrected chi connectivity index (χ4v) is 2.36. The molecule has 1 atom stereocenters. The molecule has 134 valence electrons. The van der Waals surface area contributed by atoms with Gasteiger partial charge >= 0.3 is 5.97 Å². The molecule has 0 radical (unpaired) electrons. The van der Waals surface area contributed by atoms with Crippen molar-refractivity contribution in [2.45, 2.75) is 32.9 Å². The van der Waals surface area contributed by atoms with E-state index < -0.39 is 12.0 Å². The van der Waals surface area contributed by atoms with Crippen molar-refractivity contribution in [3.63, 3.8) is 0 Å². The van der Waals surface area contributed by atoms with E-state index in [4.69, 9.17) is 14.6 Å². The quantitative estimate of drug-likeness (QED) is 0.672. The van der Waals surface area contributed by atoms with Gasteiger partial charge < -0.3 is 19.9 Å². The fraction of sp³-hybridized carbons (Fsp3) is 0.529. The van der Waals surface area contributed by atoms with E-state index in [0.29, 0.717) is 24.6 Å². The number of methoxy groups -OCH3 is 2. The number of hydrogen-bond acceptors (Lipinski definition) is 5. The Balaban J connectivity index is 2.68. The van der Waals surface area contributed by atoms with Crippen LogP contribution in [-0.4, -0.2) is 55.2 Å². The molecule has 0 aliphatic carbocycles. The zero-order valence-electron chi connectivity index (χ0n) is 14.7. The molecule has 1 aromatic carbocycles. The third-order valence-corrected chi connectivity index (χ3v) is 3.69. The molecule has 1 amide bonds. The van der Waals surface area contributed by atoms with Gasteiger partial charge in [-0.3, -0.25) is 14.5 Å². The largest absolute Gasteiger partial charge is 0.493 e. The lowest BCUT2D eigenvalue weighted by Crippen LogP contribution is -2.47. The maximum Gasteiger partial charge on any atom is 0.317 e. The Hall–Kier alpha value is -2.28. The molecule has 0 heterocycles. The van der Waals surface area contributed by atoms with Gasteiger partial charge in [-0.15, -0.1) is 0 Å². The van der Waals surface area contributed by atoms with Crippen LogP contribution in [0.1, 0.15) is 25.8 Å². The number of carboxylic acid groups (broad SMARTS) is 1. The highest BCUT2D eigenvalue weighted by atomic mass is 16.5. The number of aliphatic carboxylic acids is 1. The van der Waals surface area contributed by atoms with Crippen molar-refractivity contribution in [1.82, 2.24) is 10.2 Å². The third kappa shape index (κ3) is 5.73. The highest BCUT2D eigenvalue weighted by molar-refractivity contribution is 5.82. The molecule has 0 saturated carbocycles. The summed E-state index contributed by atoms with van der Waals surface area (Å²) in [4.78, 5) is 24.9. The SMILES string of the molecule is CCCN(CC(=O)O)C(C)C(=O)NCc1ccc(OC)c(OC)c1. The van der Waals surface area contributed by atoms with E-state index in [0.717, 1.165) is 12.0 Å². The number of ether oxygens (including phenoxy) is 2. The van der Waals surface area contributed by atoms with Crippen LogP contribution in [0.15, 0.2) is 18.2 Å². The van der Waals surface area contributed by atoms with E-state index in [2.05, 4.69) is 5.32 Å². The monoisotopic (exact) mass is 338 g/mol. The number of rotatable bonds is 10. The molecule has 1 unspecified atom stereocenters. The summed E-state index contributed by atoms with van der Waals surface area (Å²) in [6, 6.07) is 4.90. The predicted octanol–water partition coefficient (Wildman–Crippen LogP) is 1.51. The molecule has 0 fully saturated rings. The first-order valence-electron chi connectivity index (χ1n) is 7.87. The lowest BCUT2D eigenvalue weighted by Gasteiger charge is -2.26. The van der Waals surface area contributed by atoms with Crippen molar-refractivity contribution >= 4 is 11.9 Å². The van der Waals surface area contributed by atoms with Gasteiger partial charge in [0.2, 0.25) is 5.91 Å². The van der Waals surface area contributed by atoms with Crippen molar-refractivity contribution in [3.05, 3.63) is 23.8 Å².